The number of nitrogens with zero attached hydrogens (tertiary/aromatic N) is 2. The second-order valence-corrected chi connectivity index (χ2v) is 8.46. The van der Waals surface area contributed by atoms with E-state index in [1.807, 2.05) is 42.2 Å². The number of aromatic nitrogens is 1. The van der Waals surface area contributed by atoms with E-state index in [4.69, 9.17) is 9.73 Å². The van der Waals surface area contributed by atoms with Crippen molar-refractivity contribution in [2.24, 2.45) is 4.99 Å². The van der Waals surface area contributed by atoms with Gasteiger partial charge >= 0.3 is 0 Å². The van der Waals surface area contributed by atoms with E-state index in [2.05, 4.69) is 36.6 Å². The maximum atomic E-state index is 13.1. The number of halogens is 1. The van der Waals surface area contributed by atoms with Crippen LogP contribution >= 0.6 is 11.8 Å². The van der Waals surface area contributed by atoms with Crippen molar-refractivity contribution in [3.8, 4) is 0 Å². The molecular formula is C24H25FN2OS. The summed E-state index contributed by atoms with van der Waals surface area (Å²) < 4.78 is 21.1. The Bertz CT molecular complexity index is 990. The van der Waals surface area contributed by atoms with Crippen LogP contribution in [0.3, 0.4) is 0 Å². The molecule has 3 nitrogen and oxygen atoms in total. The highest BCUT2D eigenvalue weighted by Gasteiger charge is 2.22. The molecule has 1 atom stereocenters. The summed E-state index contributed by atoms with van der Waals surface area (Å²) in [5, 5.41) is 0. The topological polar surface area (TPSA) is 26.5 Å². The van der Waals surface area contributed by atoms with Gasteiger partial charge in [-0.05, 0) is 60.4 Å². The smallest absolute Gasteiger partial charge is 0.233 e. The summed E-state index contributed by atoms with van der Waals surface area (Å²) >= 11 is 1.91. The second-order valence-electron chi connectivity index (χ2n) is 7.43. The predicted molar refractivity (Wildman–Crippen MR) is 118 cm³/mol. The summed E-state index contributed by atoms with van der Waals surface area (Å²) in [5.41, 5.74) is 6.14. The van der Waals surface area contributed by atoms with Gasteiger partial charge in [0.1, 0.15) is 18.1 Å². The van der Waals surface area contributed by atoms with Gasteiger partial charge in [-0.3, -0.25) is 0 Å². The van der Waals surface area contributed by atoms with Crippen LogP contribution in [-0.2, 0) is 17.0 Å². The van der Waals surface area contributed by atoms with Gasteiger partial charge in [-0.1, -0.05) is 30.3 Å². The van der Waals surface area contributed by atoms with E-state index >= 15 is 0 Å². The third kappa shape index (κ3) is 4.73. The molecule has 0 spiro atoms. The zero-order valence-corrected chi connectivity index (χ0v) is 17.6. The molecule has 0 bridgehead atoms. The fourth-order valence-electron chi connectivity index (χ4n) is 3.55. The third-order valence-electron chi connectivity index (χ3n) is 5.23. The van der Waals surface area contributed by atoms with E-state index in [1.54, 1.807) is 0 Å². The lowest BCUT2D eigenvalue weighted by Gasteiger charge is -2.10. The fourth-order valence-corrected chi connectivity index (χ4v) is 4.77. The maximum Gasteiger partial charge on any atom is 0.233 e. The van der Waals surface area contributed by atoms with Gasteiger partial charge in [-0.15, -0.1) is 0 Å². The van der Waals surface area contributed by atoms with Gasteiger partial charge < -0.3 is 9.30 Å². The van der Waals surface area contributed by atoms with Crippen LogP contribution in [0.4, 0.5) is 4.39 Å². The van der Waals surface area contributed by atoms with Crippen LogP contribution in [0, 0.1) is 19.7 Å². The van der Waals surface area contributed by atoms with Crippen LogP contribution in [0.1, 0.15) is 27.9 Å². The van der Waals surface area contributed by atoms with Crippen LogP contribution in [-0.4, -0.2) is 28.9 Å². The molecule has 0 radical (unpaired) electrons. The highest BCUT2D eigenvalue weighted by molar-refractivity contribution is 7.98. The maximum absolute atomic E-state index is 13.1. The second kappa shape index (κ2) is 8.87. The van der Waals surface area contributed by atoms with Gasteiger partial charge in [0.2, 0.25) is 5.90 Å². The van der Waals surface area contributed by atoms with Crippen molar-refractivity contribution in [2.45, 2.75) is 32.2 Å². The molecule has 150 valence electrons. The number of rotatable bonds is 7. The first-order chi connectivity index (χ1) is 14.1. The Balaban J connectivity index is 1.38. The lowest BCUT2D eigenvalue weighted by Crippen LogP contribution is -2.11. The zero-order chi connectivity index (χ0) is 20.2. The van der Waals surface area contributed by atoms with Gasteiger partial charge in [-0.25, -0.2) is 9.38 Å². The van der Waals surface area contributed by atoms with Crippen LogP contribution in [0.15, 0.2) is 65.8 Å². The molecule has 2 aromatic carbocycles. The molecule has 29 heavy (non-hydrogen) atoms. The number of thioether (sulfide) groups is 1. The standard InChI is InChI=1S/C24H25FN2OS/c1-17-5-3-6-18(2)22(17)16-29-15-21-14-28-24(26-21)23-7-4-12-27(23)13-19-8-10-20(25)11-9-19/h3-12,21H,13-16H2,1-2H3/t21-/m0/s1. The van der Waals surface area contributed by atoms with Crippen molar-refractivity contribution in [3.63, 3.8) is 0 Å². The van der Waals surface area contributed by atoms with Crippen LogP contribution in [0.25, 0.3) is 0 Å². The summed E-state index contributed by atoms with van der Waals surface area (Å²) in [6.07, 6.45) is 2.01. The Labute approximate surface area is 175 Å². The van der Waals surface area contributed by atoms with Crippen molar-refractivity contribution in [1.29, 1.82) is 0 Å². The van der Waals surface area contributed by atoms with E-state index in [0.717, 1.165) is 22.8 Å². The number of hydrogen-bond acceptors (Lipinski definition) is 3. The largest absolute Gasteiger partial charge is 0.474 e. The molecule has 1 aliphatic rings. The molecule has 0 aliphatic carbocycles. The fraction of sp³-hybridized carbons (Fsp3) is 0.292. The lowest BCUT2D eigenvalue weighted by molar-refractivity contribution is 0.323. The Morgan fingerprint density at radius 1 is 1.07 bits per heavy atom. The van der Waals surface area contributed by atoms with Crippen molar-refractivity contribution in [3.05, 3.63) is 94.6 Å². The molecule has 4 rings (SSSR count). The molecule has 2 heterocycles. The molecule has 0 fully saturated rings. The van der Waals surface area contributed by atoms with Crippen molar-refractivity contribution < 1.29 is 9.13 Å². The molecule has 0 saturated heterocycles. The summed E-state index contributed by atoms with van der Waals surface area (Å²) in [4.78, 5) is 4.82. The highest BCUT2D eigenvalue weighted by atomic mass is 32.2. The molecule has 0 N–H and O–H groups in total. The number of aliphatic imine (C=N–C) groups is 1. The van der Waals surface area contributed by atoms with Gasteiger partial charge in [0.05, 0.1) is 6.04 Å². The summed E-state index contributed by atoms with van der Waals surface area (Å²) in [7, 11) is 0. The quantitative estimate of drug-likeness (QED) is 0.525. The number of ether oxygens (including phenoxy) is 1. The Morgan fingerprint density at radius 2 is 1.83 bits per heavy atom. The van der Waals surface area contributed by atoms with Crippen LogP contribution in [0.2, 0.25) is 0 Å². The van der Waals surface area contributed by atoms with Gasteiger partial charge in [-0.2, -0.15) is 11.8 Å². The summed E-state index contributed by atoms with van der Waals surface area (Å²) in [5.74, 6) is 2.43. The summed E-state index contributed by atoms with van der Waals surface area (Å²) in [6, 6.07) is 17.3. The van der Waals surface area contributed by atoms with Crippen molar-refractivity contribution >= 4 is 17.7 Å². The average Bonchev–Trinajstić information content (AvgIpc) is 3.35. The van der Waals surface area contributed by atoms with E-state index in [-0.39, 0.29) is 11.9 Å². The lowest BCUT2D eigenvalue weighted by atomic mass is 10.1. The number of hydrogen-bond donors (Lipinski definition) is 0. The molecule has 0 unspecified atom stereocenters. The van der Waals surface area contributed by atoms with Gasteiger partial charge in [0.15, 0.2) is 0 Å². The minimum Gasteiger partial charge on any atom is -0.474 e. The Hall–Kier alpha value is -2.53. The molecule has 5 heteroatoms. The zero-order valence-electron chi connectivity index (χ0n) is 16.8. The van der Waals surface area contributed by atoms with Crippen LogP contribution in [0.5, 0.6) is 0 Å². The molecule has 1 aliphatic heterocycles. The normalized spacial score (nSPS) is 16.0. The Morgan fingerprint density at radius 3 is 2.59 bits per heavy atom. The van der Waals surface area contributed by atoms with Gasteiger partial charge in [0, 0.05) is 24.2 Å². The highest BCUT2D eigenvalue weighted by Crippen LogP contribution is 2.23. The van der Waals surface area contributed by atoms with Crippen LogP contribution < -0.4 is 0 Å². The van der Waals surface area contributed by atoms with Crippen molar-refractivity contribution in [2.75, 3.05) is 12.4 Å². The molecule has 0 amide bonds. The van der Waals surface area contributed by atoms with E-state index in [1.165, 1.54) is 28.8 Å². The SMILES string of the molecule is Cc1cccc(C)c1CSC[C@@H]1COC(c2cccn2Cc2ccc(F)cc2)=N1. The number of aryl methyl sites for hydroxylation is 2. The summed E-state index contributed by atoms with van der Waals surface area (Å²) in [6.45, 7) is 5.63. The number of benzene rings is 2. The van der Waals surface area contributed by atoms with Gasteiger partial charge in [0.25, 0.3) is 0 Å². The third-order valence-corrected chi connectivity index (χ3v) is 6.34. The average molecular weight is 409 g/mol. The Kier molecular flexibility index (Phi) is 6.05. The molecule has 3 aromatic rings. The van der Waals surface area contributed by atoms with E-state index < -0.39 is 0 Å². The first-order valence-corrected chi connectivity index (χ1v) is 11.0. The predicted octanol–water partition coefficient (Wildman–Crippen LogP) is 5.37. The molecule has 0 saturated carbocycles. The van der Waals surface area contributed by atoms with Crippen molar-refractivity contribution in [1.82, 2.24) is 4.57 Å². The minimum absolute atomic E-state index is 0.175. The first kappa shape index (κ1) is 19.8. The minimum atomic E-state index is -0.216. The first-order valence-electron chi connectivity index (χ1n) is 9.83. The monoisotopic (exact) mass is 408 g/mol. The molecular weight excluding hydrogens is 383 g/mol. The van der Waals surface area contributed by atoms with E-state index in [0.29, 0.717) is 19.0 Å². The molecule has 1 aromatic heterocycles. The van der Waals surface area contributed by atoms with E-state index in [9.17, 15) is 4.39 Å².